The van der Waals surface area contributed by atoms with Gasteiger partial charge in [0.25, 0.3) is 5.91 Å². The Kier molecular flexibility index (Phi) is 6.80. The maximum atomic E-state index is 13.0. The fourth-order valence-electron chi connectivity index (χ4n) is 3.34. The van der Waals surface area contributed by atoms with Crippen molar-refractivity contribution in [1.82, 2.24) is 9.80 Å². The fraction of sp³-hybridized carbons (Fsp3) is 0.381. The molecule has 2 aromatic carbocycles. The van der Waals surface area contributed by atoms with Gasteiger partial charge >= 0.3 is 0 Å². The van der Waals surface area contributed by atoms with Crippen molar-refractivity contribution in [1.29, 1.82) is 0 Å². The number of halogens is 1. The number of rotatable bonds is 6. The number of piperazine rings is 1. The Morgan fingerprint density at radius 2 is 1.50 bits per heavy atom. The minimum Gasteiger partial charge on any atom is -0.493 e. The summed E-state index contributed by atoms with van der Waals surface area (Å²) in [5, 5.41) is 0. The van der Waals surface area contributed by atoms with Crippen molar-refractivity contribution in [2.75, 3.05) is 47.5 Å². The summed E-state index contributed by atoms with van der Waals surface area (Å²) >= 11 is 3.46. The third kappa shape index (κ3) is 4.59. The highest BCUT2D eigenvalue weighted by atomic mass is 79.9. The molecule has 28 heavy (non-hydrogen) atoms. The number of methoxy groups -OCH3 is 3. The smallest absolute Gasteiger partial charge is 0.254 e. The minimum absolute atomic E-state index is 0.0254. The molecule has 0 saturated carbocycles. The van der Waals surface area contributed by atoms with Crippen LogP contribution in [0.1, 0.15) is 15.9 Å². The highest BCUT2D eigenvalue weighted by Gasteiger charge is 2.24. The molecule has 0 aromatic heterocycles. The zero-order valence-electron chi connectivity index (χ0n) is 16.4. The van der Waals surface area contributed by atoms with Crippen LogP contribution in [0.3, 0.4) is 0 Å². The minimum atomic E-state index is -0.0254. The van der Waals surface area contributed by atoms with Gasteiger partial charge in [-0.05, 0) is 29.8 Å². The van der Waals surface area contributed by atoms with Crippen LogP contribution in [0.25, 0.3) is 0 Å². The van der Waals surface area contributed by atoms with E-state index in [2.05, 4.69) is 45.1 Å². The molecule has 0 atom stereocenters. The van der Waals surface area contributed by atoms with E-state index >= 15 is 0 Å². The first-order valence-electron chi connectivity index (χ1n) is 9.11. The number of hydrogen-bond donors (Lipinski definition) is 0. The van der Waals surface area contributed by atoms with Crippen LogP contribution in [-0.4, -0.2) is 63.2 Å². The Morgan fingerprint density at radius 3 is 2.00 bits per heavy atom. The van der Waals surface area contributed by atoms with Crippen LogP contribution < -0.4 is 14.2 Å². The van der Waals surface area contributed by atoms with Gasteiger partial charge in [-0.15, -0.1) is 0 Å². The van der Waals surface area contributed by atoms with E-state index in [0.29, 0.717) is 35.9 Å². The second-order valence-corrected chi connectivity index (χ2v) is 7.52. The second-order valence-electron chi connectivity index (χ2n) is 6.61. The molecule has 1 aliphatic rings. The van der Waals surface area contributed by atoms with Gasteiger partial charge < -0.3 is 19.1 Å². The highest BCUT2D eigenvalue weighted by molar-refractivity contribution is 9.10. The van der Waals surface area contributed by atoms with Crippen molar-refractivity contribution >= 4 is 21.8 Å². The van der Waals surface area contributed by atoms with E-state index in [0.717, 1.165) is 24.1 Å². The molecular weight excluding hydrogens is 424 g/mol. The van der Waals surface area contributed by atoms with Crippen LogP contribution in [0, 0.1) is 0 Å². The molecule has 2 aromatic rings. The van der Waals surface area contributed by atoms with Gasteiger partial charge in [0.15, 0.2) is 11.5 Å². The number of ether oxygens (including phenoxy) is 3. The van der Waals surface area contributed by atoms with Crippen molar-refractivity contribution in [3.05, 3.63) is 52.0 Å². The van der Waals surface area contributed by atoms with Gasteiger partial charge in [0.2, 0.25) is 5.75 Å². The van der Waals surface area contributed by atoms with Crippen molar-refractivity contribution in [2.45, 2.75) is 6.54 Å². The maximum absolute atomic E-state index is 13.0. The van der Waals surface area contributed by atoms with E-state index in [-0.39, 0.29) is 5.91 Å². The average Bonchev–Trinajstić information content (AvgIpc) is 2.74. The Balaban J connectivity index is 1.65. The van der Waals surface area contributed by atoms with Gasteiger partial charge in [-0.25, -0.2) is 0 Å². The lowest BCUT2D eigenvalue weighted by Gasteiger charge is -2.35. The first-order chi connectivity index (χ1) is 13.5. The maximum Gasteiger partial charge on any atom is 0.254 e. The Hall–Kier alpha value is -2.25. The Morgan fingerprint density at radius 1 is 0.929 bits per heavy atom. The molecule has 1 aliphatic heterocycles. The Bertz CT molecular complexity index is 793. The van der Waals surface area contributed by atoms with Crippen molar-refractivity contribution in [3.8, 4) is 17.2 Å². The molecule has 0 unspecified atom stereocenters. The summed E-state index contributed by atoms with van der Waals surface area (Å²) in [6.07, 6.45) is 0. The molecule has 1 amide bonds. The number of carbonyl (C=O) groups is 1. The molecule has 0 aliphatic carbocycles. The number of amides is 1. The second kappa shape index (κ2) is 9.30. The summed E-state index contributed by atoms with van der Waals surface area (Å²) in [5.41, 5.74) is 1.81. The summed E-state index contributed by atoms with van der Waals surface area (Å²) in [7, 11) is 4.64. The van der Waals surface area contributed by atoms with Crippen molar-refractivity contribution < 1.29 is 19.0 Å². The molecule has 1 fully saturated rings. The van der Waals surface area contributed by atoms with Crippen LogP contribution in [0.5, 0.6) is 17.2 Å². The van der Waals surface area contributed by atoms with E-state index < -0.39 is 0 Å². The number of benzene rings is 2. The first kappa shape index (κ1) is 20.5. The number of carbonyl (C=O) groups excluding carboxylic acids is 1. The first-order valence-corrected chi connectivity index (χ1v) is 9.91. The topological polar surface area (TPSA) is 51.2 Å². The zero-order valence-corrected chi connectivity index (χ0v) is 18.0. The third-order valence-corrected chi connectivity index (χ3v) is 5.42. The highest BCUT2D eigenvalue weighted by Crippen LogP contribution is 2.38. The lowest BCUT2D eigenvalue weighted by molar-refractivity contribution is 0.0627. The molecule has 0 spiro atoms. The summed E-state index contributed by atoms with van der Waals surface area (Å²) in [4.78, 5) is 17.2. The predicted octanol–water partition coefficient (Wildman–Crippen LogP) is 3.43. The van der Waals surface area contributed by atoms with E-state index in [1.165, 1.54) is 5.56 Å². The van der Waals surface area contributed by atoms with E-state index in [9.17, 15) is 4.79 Å². The molecule has 6 nitrogen and oxygen atoms in total. The summed E-state index contributed by atoms with van der Waals surface area (Å²) in [6.45, 7) is 3.94. The average molecular weight is 449 g/mol. The molecular formula is C21H25BrN2O4. The van der Waals surface area contributed by atoms with Gasteiger partial charge in [0.1, 0.15) is 0 Å². The van der Waals surface area contributed by atoms with Crippen molar-refractivity contribution in [2.24, 2.45) is 0 Å². The summed E-state index contributed by atoms with van der Waals surface area (Å²) in [5.74, 6) is 1.43. The SMILES string of the molecule is COc1cc(C(=O)N2CCN(Cc3ccc(Br)cc3)CC2)cc(OC)c1OC. The molecule has 1 saturated heterocycles. The number of nitrogens with zero attached hydrogens (tertiary/aromatic N) is 2. The molecule has 1 heterocycles. The standard InChI is InChI=1S/C21H25BrN2O4/c1-26-18-12-16(13-19(27-2)20(18)28-3)21(25)24-10-8-23(9-11-24)14-15-4-6-17(22)7-5-15/h4-7,12-13H,8-11,14H2,1-3H3. The van der Waals surface area contributed by atoms with Crippen molar-refractivity contribution in [3.63, 3.8) is 0 Å². The fourth-order valence-corrected chi connectivity index (χ4v) is 3.61. The molecule has 0 N–H and O–H groups in total. The van der Waals surface area contributed by atoms with Gasteiger partial charge in [-0.3, -0.25) is 9.69 Å². The van der Waals surface area contributed by atoms with Gasteiger partial charge in [-0.2, -0.15) is 0 Å². The van der Waals surface area contributed by atoms with Crippen LogP contribution >= 0.6 is 15.9 Å². The monoisotopic (exact) mass is 448 g/mol. The molecule has 3 rings (SSSR count). The third-order valence-electron chi connectivity index (χ3n) is 4.89. The molecule has 7 heteroatoms. The van der Waals surface area contributed by atoms with Crippen LogP contribution in [0.2, 0.25) is 0 Å². The van der Waals surface area contributed by atoms with E-state index in [4.69, 9.17) is 14.2 Å². The predicted molar refractivity (Wildman–Crippen MR) is 111 cm³/mol. The van der Waals surface area contributed by atoms with E-state index in [1.807, 2.05) is 4.90 Å². The van der Waals surface area contributed by atoms with Crippen LogP contribution in [0.4, 0.5) is 0 Å². The normalized spacial score (nSPS) is 14.6. The lowest BCUT2D eigenvalue weighted by atomic mass is 10.1. The quantitative estimate of drug-likeness (QED) is 0.677. The zero-order chi connectivity index (χ0) is 20.1. The Labute approximate surface area is 174 Å². The van der Waals surface area contributed by atoms with Gasteiger partial charge in [0, 0.05) is 42.8 Å². The largest absolute Gasteiger partial charge is 0.493 e. The summed E-state index contributed by atoms with van der Waals surface area (Å²) < 4.78 is 17.1. The van der Waals surface area contributed by atoms with Crippen LogP contribution in [0.15, 0.2) is 40.9 Å². The van der Waals surface area contributed by atoms with Crippen LogP contribution in [-0.2, 0) is 6.54 Å². The van der Waals surface area contributed by atoms with E-state index in [1.54, 1.807) is 33.5 Å². The lowest BCUT2D eigenvalue weighted by Crippen LogP contribution is -2.48. The summed E-state index contributed by atoms with van der Waals surface area (Å²) in [6, 6.07) is 11.8. The molecule has 0 radical (unpaired) electrons. The molecule has 150 valence electrons. The van der Waals surface area contributed by atoms with Gasteiger partial charge in [-0.1, -0.05) is 28.1 Å². The molecule has 0 bridgehead atoms. The number of hydrogen-bond acceptors (Lipinski definition) is 5. The van der Waals surface area contributed by atoms with Gasteiger partial charge in [0.05, 0.1) is 21.3 Å².